The molecule has 1 aliphatic rings. The second kappa shape index (κ2) is 5.13. The van der Waals surface area contributed by atoms with E-state index in [1.165, 1.54) is 0 Å². The lowest BCUT2D eigenvalue weighted by atomic mass is 10.2. The fourth-order valence-corrected chi connectivity index (χ4v) is 2.64. The zero-order chi connectivity index (χ0) is 11.7. The molecule has 16 heavy (non-hydrogen) atoms. The molecule has 2 nitrogen and oxygen atoms in total. The van der Waals surface area contributed by atoms with Crippen LogP contribution in [0.15, 0.2) is 16.6 Å². The minimum Gasteiger partial charge on any atom is -0.486 e. The number of aliphatic hydroxyl groups is 1. The topological polar surface area (TPSA) is 29.5 Å². The van der Waals surface area contributed by atoms with E-state index >= 15 is 0 Å². The molecule has 1 aromatic carbocycles. The molecule has 2 atom stereocenters. The van der Waals surface area contributed by atoms with Crippen molar-refractivity contribution in [3.63, 3.8) is 0 Å². The van der Waals surface area contributed by atoms with Crippen LogP contribution in [-0.2, 0) is 0 Å². The van der Waals surface area contributed by atoms with E-state index in [-0.39, 0.29) is 6.10 Å². The Morgan fingerprint density at radius 1 is 1.25 bits per heavy atom. The van der Waals surface area contributed by atoms with Crippen LogP contribution in [-0.4, -0.2) is 17.3 Å². The molecule has 0 amide bonds. The van der Waals surface area contributed by atoms with Crippen molar-refractivity contribution in [1.82, 2.24) is 0 Å². The van der Waals surface area contributed by atoms with Crippen molar-refractivity contribution in [2.75, 3.05) is 0 Å². The summed E-state index contributed by atoms with van der Waals surface area (Å²) in [5, 5.41) is 10.7. The number of ether oxygens (including phenoxy) is 1. The molecule has 0 radical (unpaired) electrons. The fourth-order valence-electron chi connectivity index (χ4n) is 1.80. The second-order valence-corrected chi connectivity index (χ2v) is 5.52. The average Bonchev–Trinajstić information content (AvgIpc) is 2.61. The van der Waals surface area contributed by atoms with Gasteiger partial charge >= 0.3 is 0 Å². The van der Waals surface area contributed by atoms with Crippen molar-refractivity contribution in [3.8, 4) is 5.75 Å². The highest BCUT2D eigenvalue weighted by Crippen LogP contribution is 2.36. The minimum atomic E-state index is -0.404. The summed E-state index contributed by atoms with van der Waals surface area (Å²) in [6.07, 6.45) is 2.04. The third-order valence-corrected chi connectivity index (χ3v) is 4.16. The van der Waals surface area contributed by atoms with E-state index in [1.54, 1.807) is 12.1 Å². The molecule has 1 N–H and O–H groups in total. The van der Waals surface area contributed by atoms with Gasteiger partial charge in [0.05, 0.1) is 16.1 Å². The summed E-state index contributed by atoms with van der Waals surface area (Å²) in [5.41, 5.74) is 0. The first-order chi connectivity index (χ1) is 7.58. The number of halogens is 3. The molecule has 0 saturated heterocycles. The molecule has 5 heteroatoms. The standard InChI is InChI=1S/C11H11BrCl2O2/c12-6-4-8(14)11(5-7(6)13)16-10-3-1-2-9(10)15/h4-5,9-10,15H,1-3H2. The molecule has 1 aliphatic carbocycles. The molecule has 2 rings (SSSR count). The van der Waals surface area contributed by atoms with E-state index < -0.39 is 6.10 Å². The predicted molar refractivity (Wildman–Crippen MR) is 68.4 cm³/mol. The first kappa shape index (κ1) is 12.5. The second-order valence-electron chi connectivity index (χ2n) is 3.85. The summed E-state index contributed by atoms with van der Waals surface area (Å²) in [7, 11) is 0. The lowest BCUT2D eigenvalue weighted by Gasteiger charge is -2.18. The first-order valence-corrected chi connectivity index (χ1v) is 6.62. The van der Waals surface area contributed by atoms with Crippen molar-refractivity contribution in [2.45, 2.75) is 31.5 Å². The number of aliphatic hydroxyl groups excluding tert-OH is 1. The summed E-state index contributed by atoms with van der Waals surface area (Å²) in [6.45, 7) is 0. The molecular weight excluding hydrogens is 315 g/mol. The van der Waals surface area contributed by atoms with Gasteiger partial charge in [-0.3, -0.25) is 0 Å². The molecule has 0 bridgehead atoms. The smallest absolute Gasteiger partial charge is 0.140 e. The van der Waals surface area contributed by atoms with Gasteiger partial charge in [-0.15, -0.1) is 0 Å². The number of benzene rings is 1. The Labute approximate surface area is 113 Å². The van der Waals surface area contributed by atoms with Gasteiger partial charge in [0.15, 0.2) is 0 Å². The van der Waals surface area contributed by atoms with Crippen LogP contribution in [0.4, 0.5) is 0 Å². The molecule has 0 aliphatic heterocycles. The predicted octanol–water partition coefficient (Wildman–Crippen LogP) is 4.05. The lowest BCUT2D eigenvalue weighted by molar-refractivity contribution is 0.0605. The number of hydrogen-bond donors (Lipinski definition) is 1. The van der Waals surface area contributed by atoms with Crippen LogP contribution in [0.3, 0.4) is 0 Å². The van der Waals surface area contributed by atoms with Gasteiger partial charge in [0, 0.05) is 10.5 Å². The Morgan fingerprint density at radius 3 is 2.62 bits per heavy atom. The number of rotatable bonds is 2. The molecule has 1 saturated carbocycles. The van der Waals surface area contributed by atoms with Gasteiger partial charge in [0.2, 0.25) is 0 Å². The number of hydrogen-bond acceptors (Lipinski definition) is 2. The largest absolute Gasteiger partial charge is 0.486 e. The Balaban J connectivity index is 2.18. The van der Waals surface area contributed by atoms with E-state index in [9.17, 15) is 5.11 Å². The van der Waals surface area contributed by atoms with Crippen LogP contribution in [0.1, 0.15) is 19.3 Å². The Hall–Kier alpha value is 0.0400. The molecule has 0 spiro atoms. The van der Waals surface area contributed by atoms with Gasteiger partial charge in [-0.1, -0.05) is 23.2 Å². The Kier molecular flexibility index (Phi) is 4.01. The molecule has 0 heterocycles. The quantitative estimate of drug-likeness (QED) is 0.831. The van der Waals surface area contributed by atoms with Gasteiger partial charge < -0.3 is 9.84 Å². The highest BCUT2D eigenvalue weighted by Gasteiger charge is 2.27. The summed E-state index contributed by atoms with van der Waals surface area (Å²) >= 11 is 15.3. The molecule has 2 unspecified atom stereocenters. The van der Waals surface area contributed by atoms with E-state index in [1.807, 2.05) is 0 Å². The van der Waals surface area contributed by atoms with Crippen molar-refractivity contribution in [1.29, 1.82) is 0 Å². The highest BCUT2D eigenvalue weighted by atomic mass is 79.9. The minimum absolute atomic E-state index is 0.172. The van der Waals surface area contributed by atoms with Crippen LogP contribution in [0, 0.1) is 0 Å². The summed E-state index contributed by atoms with van der Waals surface area (Å²) < 4.78 is 6.40. The Morgan fingerprint density at radius 2 is 2.00 bits per heavy atom. The SMILES string of the molecule is OC1CCCC1Oc1cc(Cl)c(Br)cc1Cl. The van der Waals surface area contributed by atoms with E-state index in [0.717, 1.165) is 23.7 Å². The van der Waals surface area contributed by atoms with Gasteiger partial charge in [-0.05, 0) is 41.3 Å². The van der Waals surface area contributed by atoms with Crippen LogP contribution in [0.25, 0.3) is 0 Å². The van der Waals surface area contributed by atoms with Crippen LogP contribution in [0.2, 0.25) is 10.0 Å². The van der Waals surface area contributed by atoms with Gasteiger partial charge in [-0.25, -0.2) is 0 Å². The zero-order valence-electron chi connectivity index (χ0n) is 8.42. The normalized spacial score (nSPS) is 24.8. The van der Waals surface area contributed by atoms with E-state index in [0.29, 0.717) is 15.8 Å². The highest BCUT2D eigenvalue weighted by molar-refractivity contribution is 9.10. The zero-order valence-corrected chi connectivity index (χ0v) is 11.5. The van der Waals surface area contributed by atoms with Gasteiger partial charge in [-0.2, -0.15) is 0 Å². The molecule has 0 aromatic heterocycles. The van der Waals surface area contributed by atoms with Crippen molar-refractivity contribution in [3.05, 3.63) is 26.7 Å². The van der Waals surface area contributed by atoms with Gasteiger partial charge in [0.25, 0.3) is 0 Å². The summed E-state index contributed by atoms with van der Waals surface area (Å²) in [6, 6.07) is 3.36. The maximum Gasteiger partial charge on any atom is 0.140 e. The summed E-state index contributed by atoms with van der Waals surface area (Å²) in [5.74, 6) is 0.529. The molecular formula is C11H11BrCl2O2. The van der Waals surface area contributed by atoms with Crippen molar-refractivity contribution in [2.24, 2.45) is 0 Å². The third-order valence-electron chi connectivity index (χ3n) is 2.67. The monoisotopic (exact) mass is 324 g/mol. The van der Waals surface area contributed by atoms with E-state index in [4.69, 9.17) is 27.9 Å². The summed E-state index contributed by atoms with van der Waals surface area (Å²) in [4.78, 5) is 0. The van der Waals surface area contributed by atoms with Crippen molar-refractivity contribution >= 4 is 39.1 Å². The van der Waals surface area contributed by atoms with Crippen molar-refractivity contribution < 1.29 is 9.84 Å². The van der Waals surface area contributed by atoms with Crippen LogP contribution in [0.5, 0.6) is 5.75 Å². The maximum atomic E-state index is 9.65. The third kappa shape index (κ3) is 2.65. The molecule has 1 fully saturated rings. The molecule has 1 aromatic rings. The van der Waals surface area contributed by atoms with Crippen LogP contribution >= 0.6 is 39.1 Å². The maximum absolute atomic E-state index is 9.65. The van der Waals surface area contributed by atoms with Gasteiger partial charge in [0.1, 0.15) is 11.9 Å². The average molecular weight is 326 g/mol. The fraction of sp³-hybridized carbons (Fsp3) is 0.455. The Bertz CT molecular complexity index is 398. The lowest BCUT2D eigenvalue weighted by Crippen LogP contribution is -2.25. The molecule has 88 valence electrons. The van der Waals surface area contributed by atoms with E-state index in [2.05, 4.69) is 15.9 Å². The van der Waals surface area contributed by atoms with Crippen LogP contribution < -0.4 is 4.74 Å². The first-order valence-electron chi connectivity index (χ1n) is 5.07.